The van der Waals surface area contributed by atoms with E-state index in [4.69, 9.17) is 0 Å². The lowest BCUT2D eigenvalue weighted by molar-refractivity contribution is -0.129. The van der Waals surface area contributed by atoms with Crippen molar-refractivity contribution in [3.63, 3.8) is 0 Å². The zero-order valence-corrected chi connectivity index (χ0v) is 17.2. The highest BCUT2D eigenvalue weighted by Crippen LogP contribution is 2.20. The molecule has 5 nitrogen and oxygen atoms in total. The van der Waals surface area contributed by atoms with E-state index in [1.807, 2.05) is 37.3 Å². The predicted octanol–water partition coefficient (Wildman–Crippen LogP) is 3.35. The third-order valence-electron chi connectivity index (χ3n) is 5.07. The van der Waals surface area contributed by atoms with Crippen LogP contribution in [0.5, 0.6) is 0 Å². The number of carbonyl (C=O) groups excluding carboxylic acids is 1. The Hall–Kier alpha value is -2.86. The first kappa shape index (κ1) is 19.5. The Bertz CT molecular complexity index is 1060. The van der Waals surface area contributed by atoms with Crippen molar-refractivity contribution in [3.05, 3.63) is 93.2 Å². The summed E-state index contributed by atoms with van der Waals surface area (Å²) in [5.41, 5.74) is 3.61. The molecule has 1 aliphatic rings. The summed E-state index contributed by atoms with van der Waals surface area (Å²) < 4.78 is 0. The van der Waals surface area contributed by atoms with Crippen LogP contribution in [0.15, 0.2) is 64.3 Å². The number of thioether (sulfide) groups is 1. The van der Waals surface area contributed by atoms with Gasteiger partial charge in [0.1, 0.15) is 5.82 Å². The molecular formula is C23H23N3O2S. The highest BCUT2D eigenvalue weighted by atomic mass is 32.2. The number of nitrogens with one attached hydrogen (secondary N) is 1. The van der Waals surface area contributed by atoms with Crippen LogP contribution in [0.3, 0.4) is 0 Å². The number of aromatic amines is 1. The molecule has 0 unspecified atom stereocenters. The minimum Gasteiger partial charge on any atom is -0.337 e. The molecule has 3 aromatic rings. The SMILES string of the molecule is Cc1ccc(Cc2nc3c(c(=O)[nH]2)CN(C(=O)CSc2ccccc2)CC3)cc1. The van der Waals surface area contributed by atoms with Crippen LogP contribution in [0, 0.1) is 6.92 Å². The molecular weight excluding hydrogens is 382 g/mol. The second kappa shape index (κ2) is 8.66. The quantitative estimate of drug-likeness (QED) is 0.661. The van der Waals surface area contributed by atoms with Crippen LogP contribution < -0.4 is 5.56 Å². The van der Waals surface area contributed by atoms with Crippen molar-refractivity contribution in [2.45, 2.75) is 31.2 Å². The summed E-state index contributed by atoms with van der Waals surface area (Å²) in [6.45, 7) is 2.98. The first-order chi connectivity index (χ1) is 14.1. The molecule has 1 amide bonds. The molecule has 6 heteroatoms. The standard InChI is InChI=1S/C23H23N3O2S/c1-16-7-9-17(10-8-16)13-21-24-20-11-12-26(14-19(20)23(28)25-21)22(27)15-29-18-5-3-2-4-6-18/h2-10H,11-15H2,1H3,(H,24,25,28). The fourth-order valence-corrected chi connectivity index (χ4v) is 4.25. The Morgan fingerprint density at radius 1 is 1.14 bits per heavy atom. The maximum Gasteiger partial charge on any atom is 0.256 e. The van der Waals surface area contributed by atoms with Crippen LogP contribution in [-0.2, 0) is 24.2 Å². The van der Waals surface area contributed by atoms with Crippen molar-refractivity contribution in [1.82, 2.24) is 14.9 Å². The fraction of sp³-hybridized carbons (Fsp3) is 0.261. The number of hydrogen-bond donors (Lipinski definition) is 1. The van der Waals surface area contributed by atoms with Gasteiger partial charge in [-0.3, -0.25) is 9.59 Å². The fourth-order valence-electron chi connectivity index (χ4n) is 3.43. The highest BCUT2D eigenvalue weighted by Gasteiger charge is 2.24. The molecule has 4 rings (SSSR count). The number of amides is 1. The van der Waals surface area contributed by atoms with E-state index in [1.165, 1.54) is 17.3 Å². The molecule has 0 spiro atoms. The number of aromatic nitrogens is 2. The van der Waals surface area contributed by atoms with Crippen LogP contribution in [0.2, 0.25) is 0 Å². The van der Waals surface area contributed by atoms with E-state index in [2.05, 4.69) is 34.2 Å². The molecule has 0 aliphatic carbocycles. The summed E-state index contributed by atoms with van der Waals surface area (Å²) in [5, 5.41) is 0. The Labute approximate surface area is 174 Å². The maximum absolute atomic E-state index is 12.6. The normalized spacial score (nSPS) is 13.2. The molecule has 0 saturated carbocycles. The van der Waals surface area contributed by atoms with Crippen LogP contribution in [0.4, 0.5) is 0 Å². The Kier molecular flexibility index (Phi) is 5.81. The molecule has 2 heterocycles. The second-order valence-electron chi connectivity index (χ2n) is 7.27. The van der Waals surface area contributed by atoms with E-state index in [0.29, 0.717) is 43.1 Å². The van der Waals surface area contributed by atoms with Gasteiger partial charge < -0.3 is 9.88 Å². The van der Waals surface area contributed by atoms with Gasteiger partial charge in [0.05, 0.1) is 23.6 Å². The molecule has 0 fully saturated rings. The summed E-state index contributed by atoms with van der Waals surface area (Å²) in [4.78, 5) is 35.7. The van der Waals surface area contributed by atoms with Crippen molar-refractivity contribution >= 4 is 17.7 Å². The van der Waals surface area contributed by atoms with E-state index < -0.39 is 0 Å². The smallest absolute Gasteiger partial charge is 0.256 e. The van der Waals surface area contributed by atoms with Gasteiger partial charge in [-0.2, -0.15) is 0 Å². The van der Waals surface area contributed by atoms with Crippen molar-refractivity contribution in [2.24, 2.45) is 0 Å². The molecule has 1 N–H and O–H groups in total. The summed E-state index contributed by atoms with van der Waals surface area (Å²) in [7, 11) is 0. The maximum atomic E-state index is 12.6. The average Bonchev–Trinajstić information content (AvgIpc) is 2.74. The van der Waals surface area contributed by atoms with Gasteiger partial charge in [0.25, 0.3) is 5.56 Å². The van der Waals surface area contributed by atoms with Gasteiger partial charge in [-0.25, -0.2) is 4.98 Å². The summed E-state index contributed by atoms with van der Waals surface area (Å²) in [6.07, 6.45) is 1.21. The predicted molar refractivity (Wildman–Crippen MR) is 115 cm³/mol. The van der Waals surface area contributed by atoms with Crippen LogP contribution >= 0.6 is 11.8 Å². The van der Waals surface area contributed by atoms with Gasteiger partial charge in [0, 0.05) is 24.3 Å². The van der Waals surface area contributed by atoms with Crippen LogP contribution in [-0.4, -0.2) is 33.1 Å². The van der Waals surface area contributed by atoms with E-state index >= 15 is 0 Å². The van der Waals surface area contributed by atoms with Crippen LogP contribution in [0.25, 0.3) is 0 Å². The average molecular weight is 406 g/mol. The minimum absolute atomic E-state index is 0.0487. The number of aryl methyl sites for hydroxylation is 1. The third kappa shape index (κ3) is 4.77. The molecule has 0 bridgehead atoms. The molecule has 1 aliphatic heterocycles. The number of nitrogens with zero attached hydrogens (tertiary/aromatic N) is 2. The lowest BCUT2D eigenvalue weighted by atomic mass is 10.1. The van der Waals surface area contributed by atoms with Crippen molar-refractivity contribution in [2.75, 3.05) is 12.3 Å². The minimum atomic E-state index is -0.134. The van der Waals surface area contributed by atoms with Crippen molar-refractivity contribution in [1.29, 1.82) is 0 Å². The number of rotatable bonds is 5. The molecule has 2 aromatic carbocycles. The third-order valence-corrected chi connectivity index (χ3v) is 6.06. The zero-order chi connectivity index (χ0) is 20.2. The zero-order valence-electron chi connectivity index (χ0n) is 16.4. The monoisotopic (exact) mass is 405 g/mol. The Balaban J connectivity index is 1.43. The van der Waals surface area contributed by atoms with Gasteiger partial charge in [-0.05, 0) is 24.6 Å². The first-order valence-corrected chi connectivity index (χ1v) is 10.7. The molecule has 0 radical (unpaired) electrons. The van der Waals surface area contributed by atoms with Gasteiger partial charge in [-0.1, -0.05) is 48.0 Å². The Morgan fingerprint density at radius 3 is 2.66 bits per heavy atom. The summed E-state index contributed by atoms with van der Waals surface area (Å²) >= 11 is 1.52. The van der Waals surface area contributed by atoms with Crippen LogP contribution in [0.1, 0.15) is 28.2 Å². The topological polar surface area (TPSA) is 66.1 Å². The van der Waals surface area contributed by atoms with E-state index in [0.717, 1.165) is 16.2 Å². The van der Waals surface area contributed by atoms with E-state index in [1.54, 1.807) is 4.90 Å². The number of hydrogen-bond acceptors (Lipinski definition) is 4. The number of carbonyl (C=O) groups is 1. The van der Waals surface area contributed by atoms with Gasteiger partial charge >= 0.3 is 0 Å². The number of benzene rings is 2. The lowest BCUT2D eigenvalue weighted by Crippen LogP contribution is -2.40. The molecule has 1 aromatic heterocycles. The number of H-pyrrole nitrogens is 1. The second-order valence-corrected chi connectivity index (χ2v) is 8.32. The molecule has 29 heavy (non-hydrogen) atoms. The molecule has 0 saturated heterocycles. The van der Waals surface area contributed by atoms with Crippen molar-refractivity contribution < 1.29 is 4.79 Å². The lowest BCUT2D eigenvalue weighted by Gasteiger charge is -2.27. The van der Waals surface area contributed by atoms with Crippen molar-refractivity contribution in [3.8, 4) is 0 Å². The van der Waals surface area contributed by atoms with Gasteiger partial charge in [0.15, 0.2) is 0 Å². The number of fused-ring (bicyclic) bond motifs is 1. The summed E-state index contributed by atoms with van der Waals surface area (Å²) in [5.74, 6) is 1.10. The first-order valence-electron chi connectivity index (χ1n) is 9.70. The van der Waals surface area contributed by atoms with Gasteiger partial charge in [-0.15, -0.1) is 11.8 Å². The highest BCUT2D eigenvalue weighted by molar-refractivity contribution is 8.00. The largest absolute Gasteiger partial charge is 0.337 e. The summed E-state index contributed by atoms with van der Waals surface area (Å²) in [6, 6.07) is 18.1. The van der Waals surface area contributed by atoms with E-state index in [9.17, 15) is 9.59 Å². The Morgan fingerprint density at radius 2 is 1.90 bits per heavy atom. The molecule has 0 atom stereocenters. The van der Waals surface area contributed by atoms with E-state index in [-0.39, 0.29) is 11.5 Å². The molecule has 148 valence electrons. The van der Waals surface area contributed by atoms with Gasteiger partial charge in [0.2, 0.25) is 5.91 Å².